The molecule has 0 atom stereocenters. The molecule has 2 amide bonds. The Morgan fingerprint density at radius 2 is 1.53 bits per heavy atom. The SMILES string of the molecule is O=C(CNC(=O)c1ccccc1Nc1cccc(C(F)(F)F)c1)Nc1cccc2c(=O)[nH][nH]c(=O)c12. The van der Waals surface area contributed by atoms with Gasteiger partial charge in [-0.25, -0.2) is 0 Å². The lowest BCUT2D eigenvalue weighted by molar-refractivity contribution is -0.137. The van der Waals surface area contributed by atoms with Gasteiger partial charge in [0.05, 0.1) is 39.8 Å². The summed E-state index contributed by atoms with van der Waals surface area (Å²) >= 11 is 0. The number of alkyl halides is 3. The van der Waals surface area contributed by atoms with Crippen LogP contribution in [-0.2, 0) is 11.0 Å². The van der Waals surface area contributed by atoms with E-state index in [9.17, 15) is 32.3 Å². The Kier molecular flexibility index (Phi) is 6.59. The van der Waals surface area contributed by atoms with Gasteiger partial charge < -0.3 is 16.0 Å². The number of hydrogen-bond acceptors (Lipinski definition) is 5. The zero-order chi connectivity index (χ0) is 25.9. The summed E-state index contributed by atoms with van der Waals surface area (Å²) in [6, 6.07) is 15.0. The molecule has 0 aliphatic heterocycles. The van der Waals surface area contributed by atoms with Crippen LogP contribution in [0.3, 0.4) is 0 Å². The number of aromatic nitrogens is 2. The second-order valence-electron chi connectivity index (χ2n) is 7.62. The van der Waals surface area contributed by atoms with Crippen molar-refractivity contribution in [3.63, 3.8) is 0 Å². The summed E-state index contributed by atoms with van der Waals surface area (Å²) in [5.41, 5.74) is -1.46. The number of carbonyl (C=O) groups is 2. The van der Waals surface area contributed by atoms with Gasteiger partial charge in [-0.3, -0.25) is 29.4 Å². The minimum atomic E-state index is -4.52. The summed E-state index contributed by atoms with van der Waals surface area (Å²) < 4.78 is 39.0. The Balaban J connectivity index is 1.47. The lowest BCUT2D eigenvalue weighted by atomic mass is 10.1. The summed E-state index contributed by atoms with van der Waals surface area (Å²) in [6.07, 6.45) is -4.52. The van der Waals surface area contributed by atoms with Gasteiger partial charge in [-0.2, -0.15) is 13.2 Å². The number of hydrogen-bond donors (Lipinski definition) is 5. The van der Waals surface area contributed by atoms with Crippen molar-refractivity contribution in [1.29, 1.82) is 0 Å². The molecule has 9 nitrogen and oxygen atoms in total. The number of halogens is 3. The molecule has 0 unspecified atom stereocenters. The molecule has 5 N–H and O–H groups in total. The van der Waals surface area contributed by atoms with E-state index in [-0.39, 0.29) is 33.4 Å². The predicted octanol–water partition coefficient (Wildman–Crippen LogP) is 3.35. The van der Waals surface area contributed by atoms with Crippen LogP contribution in [0.1, 0.15) is 15.9 Å². The standard InChI is InChI=1S/C24H18F3N5O4/c25-24(26,27)13-5-3-6-14(11-13)29-17-9-2-1-7-15(17)21(34)28-12-19(33)30-18-10-4-8-16-20(18)23(36)32-31-22(16)35/h1-11,29H,12H2,(H,28,34)(H,30,33)(H,31,35)(H,32,36). The smallest absolute Gasteiger partial charge is 0.355 e. The maximum Gasteiger partial charge on any atom is 0.416 e. The van der Waals surface area contributed by atoms with Crippen molar-refractivity contribution in [2.24, 2.45) is 0 Å². The highest BCUT2D eigenvalue weighted by molar-refractivity contribution is 6.05. The number of nitrogens with one attached hydrogen (secondary N) is 5. The van der Waals surface area contributed by atoms with Crippen molar-refractivity contribution in [3.8, 4) is 0 Å². The molecule has 0 bridgehead atoms. The molecule has 12 heteroatoms. The van der Waals surface area contributed by atoms with E-state index in [2.05, 4.69) is 26.1 Å². The van der Waals surface area contributed by atoms with E-state index in [0.29, 0.717) is 0 Å². The van der Waals surface area contributed by atoms with Crippen molar-refractivity contribution < 1.29 is 22.8 Å². The lowest BCUT2D eigenvalue weighted by Gasteiger charge is -2.14. The molecular weight excluding hydrogens is 479 g/mol. The minimum Gasteiger partial charge on any atom is -0.355 e. The van der Waals surface area contributed by atoms with E-state index in [0.717, 1.165) is 12.1 Å². The molecule has 184 valence electrons. The number of para-hydroxylation sites is 1. The van der Waals surface area contributed by atoms with Gasteiger partial charge in [0.1, 0.15) is 0 Å². The molecule has 3 aromatic carbocycles. The topological polar surface area (TPSA) is 136 Å². The molecular formula is C24H18F3N5O4. The van der Waals surface area contributed by atoms with Crippen LogP contribution in [0, 0.1) is 0 Å². The van der Waals surface area contributed by atoms with Crippen LogP contribution >= 0.6 is 0 Å². The fourth-order valence-corrected chi connectivity index (χ4v) is 3.50. The molecule has 0 fully saturated rings. The molecule has 36 heavy (non-hydrogen) atoms. The summed E-state index contributed by atoms with van der Waals surface area (Å²) in [6.45, 7) is -0.478. The maximum absolute atomic E-state index is 13.0. The van der Waals surface area contributed by atoms with Crippen LogP contribution in [0.15, 0.2) is 76.3 Å². The Morgan fingerprint density at radius 3 is 2.31 bits per heavy atom. The second-order valence-corrected chi connectivity index (χ2v) is 7.62. The van der Waals surface area contributed by atoms with E-state index in [1.54, 1.807) is 12.1 Å². The third-order valence-electron chi connectivity index (χ3n) is 5.15. The van der Waals surface area contributed by atoms with Gasteiger partial charge in [-0.15, -0.1) is 0 Å². The normalized spacial score (nSPS) is 11.2. The lowest BCUT2D eigenvalue weighted by Crippen LogP contribution is -2.33. The van der Waals surface area contributed by atoms with Crippen LogP contribution in [-0.4, -0.2) is 28.6 Å². The Bertz CT molecular complexity index is 1580. The molecule has 1 heterocycles. The first kappa shape index (κ1) is 24.3. The third kappa shape index (κ3) is 5.27. The Labute approximate surface area is 200 Å². The van der Waals surface area contributed by atoms with Crippen LogP contribution in [0.4, 0.5) is 30.2 Å². The Morgan fingerprint density at radius 1 is 0.833 bits per heavy atom. The molecule has 0 aliphatic rings. The van der Waals surface area contributed by atoms with Crippen molar-refractivity contribution in [3.05, 3.63) is 98.6 Å². The monoisotopic (exact) mass is 497 g/mol. The van der Waals surface area contributed by atoms with Gasteiger partial charge in [-0.05, 0) is 42.5 Å². The summed E-state index contributed by atoms with van der Waals surface area (Å²) in [4.78, 5) is 49.2. The number of aromatic amines is 2. The van der Waals surface area contributed by atoms with Gasteiger partial charge in [-0.1, -0.05) is 24.3 Å². The first-order valence-electron chi connectivity index (χ1n) is 10.5. The average molecular weight is 497 g/mol. The Hall–Kier alpha value is -4.87. The van der Waals surface area contributed by atoms with Gasteiger partial charge in [0, 0.05) is 5.69 Å². The number of anilines is 3. The quantitative estimate of drug-likeness (QED) is 0.278. The zero-order valence-electron chi connectivity index (χ0n) is 18.3. The highest BCUT2D eigenvalue weighted by Crippen LogP contribution is 2.31. The summed E-state index contributed by atoms with van der Waals surface area (Å²) in [5, 5.41) is 12.1. The van der Waals surface area contributed by atoms with Crippen LogP contribution in [0.2, 0.25) is 0 Å². The molecule has 0 spiro atoms. The van der Waals surface area contributed by atoms with Gasteiger partial charge in [0.15, 0.2) is 0 Å². The molecule has 4 aromatic rings. The number of amides is 2. The zero-order valence-corrected chi connectivity index (χ0v) is 18.3. The highest BCUT2D eigenvalue weighted by Gasteiger charge is 2.30. The van der Waals surface area contributed by atoms with Gasteiger partial charge in [0.2, 0.25) is 5.91 Å². The van der Waals surface area contributed by atoms with E-state index < -0.39 is 41.2 Å². The van der Waals surface area contributed by atoms with Crippen LogP contribution in [0.25, 0.3) is 10.8 Å². The van der Waals surface area contributed by atoms with Crippen LogP contribution in [0.5, 0.6) is 0 Å². The number of fused-ring (bicyclic) bond motifs is 1. The number of carbonyl (C=O) groups excluding carboxylic acids is 2. The van der Waals surface area contributed by atoms with E-state index in [1.165, 1.54) is 42.5 Å². The summed E-state index contributed by atoms with van der Waals surface area (Å²) in [5.74, 6) is -1.33. The van der Waals surface area contributed by atoms with Crippen LogP contribution < -0.4 is 27.1 Å². The highest BCUT2D eigenvalue weighted by atomic mass is 19.4. The van der Waals surface area contributed by atoms with Crippen molar-refractivity contribution >= 4 is 39.6 Å². The molecule has 4 rings (SSSR count). The molecule has 1 aromatic heterocycles. The van der Waals surface area contributed by atoms with E-state index in [4.69, 9.17) is 0 Å². The number of rotatable bonds is 6. The second kappa shape index (κ2) is 9.78. The number of H-pyrrole nitrogens is 2. The largest absolute Gasteiger partial charge is 0.416 e. The average Bonchev–Trinajstić information content (AvgIpc) is 2.85. The fourth-order valence-electron chi connectivity index (χ4n) is 3.50. The fraction of sp³-hybridized carbons (Fsp3) is 0.0833. The predicted molar refractivity (Wildman–Crippen MR) is 127 cm³/mol. The van der Waals surface area contributed by atoms with Gasteiger partial charge in [0.25, 0.3) is 17.0 Å². The van der Waals surface area contributed by atoms with E-state index >= 15 is 0 Å². The molecule has 0 saturated carbocycles. The molecule has 0 radical (unpaired) electrons. The number of benzene rings is 3. The maximum atomic E-state index is 13.0. The first-order chi connectivity index (χ1) is 17.1. The van der Waals surface area contributed by atoms with Crippen molar-refractivity contribution in [2.75, 3.05) is 17.2 Å². The molecule has 0 saturated heterocycles. The molecule has 0 aliphatic carbocycles. The summed E-state index contributed by atoms with van der Waals surface area (Å²) in [7, 11) is 0. The van der Waals surface area contributed by atoms with Gasteiger partial charge >= 0.3 is 6.18 Å². The first-order valence-corrected chi connectivity index (χ1v) is 10.5. The third-order valence-corrected chi connectivity index (χ3v) is 5.15. The van der Waals surface area contributed by atoms with Crippen molar-refractivity contribution in [2.45, 2.75) is 6.18 Å². The van der Waals surface area contributed by atoms with Crippen molar-refractivity contribution in [1.82, 2.24) is 15.5 Å². The van der Waals surface area contributed by atoms with E-state index in [1.807, 2.05) is 0 Å². The minimum absolute atomic E-state index is 0.0171.